The van der Waals surface area contributed by atoms with E-state index in [0.717, 1.165) is 30.7 Å². The number of anilines is 1. The van der Waals surface area contributed by atoms with Gasteiger partial charge < -0.3 is 14.1 Å². The van der Waals surface area contributed by atoms with Crippen molar-refractivity contribution >= 4 is 34.9 Å². The van der Waals surface area contributed by atoms with Gasteiger partial charge in [-0.15, -0.1) is 6.58 Å². The van der Waals surface area contributed by atoms with Crippen molar-refractivity contribution in [2.24, 2.45) is 0 Å². The lowest BCUT2D eigenvalue weighted by Crippen LogP contribution is -2.35. The molecule has 3 rings (SSSR count). The van der Waals surface area contributed by atoms with Crippen LogP contribution in [0.1, 0.15) is 12.7 Å². The molecule has 6 nitrogen and oxygen atoms in total. The van der Waals surface area contributed by atoms with Crippen molar-refractivity contribution in [2.45, 2.75) is 13.0 Å². The normalized spacial score (nSPS) is 22.0. The topological polar surface area (TPSA) is 63.0 Å². The summed E-state index contributed by atoms with van der Waals surface area (Å²) in [5.74, 6) is 0.998. The van der Waals surface area contributed by atoms with Crippen LogP contribution in [0.15, 0.2) is 34.1 Å². The number of furan rings is 1. The molecule has 0 aliphatic carbocycles. The number of nitrogens with zero attached hydrogens (tertiary/aromatic N) is 2. The van der Waals surface area contributed by atoms with Crippen LogP contribution in [0.5, 0.6) is 0 Å². The average Bonchev–Trinajstić information content (AvgIpc) is 3.13. The summed E-state index contributed by atoms with van der Waals surface area (Å²) in [5, 5.41) is -0.284. The van der Waals surface area contributed by atoms with Crippen molar-refractivity contribution < 1.29 is 18.7 Å². The SMILES string of the molecule is C=C[C@@H](C)N1C(=O)S/C(=C\c2ccc(N3CCOCC3)o2)C1=O. The highest BCUT2D eigenvalue weighted by molar-refractivity contribution is 8.18. The molecule has 0 saturated carbocycles. The van der Waals surface area contributed by atoms with E-state index >= 15 is 0 Å². The number of rotatable bonds is 4. The summed E-state index contributed by atoms with van der Waals surface area (Å²) < 4.78 is 11.1. The van der Waals surface area contributed by atoms with Crippen LogP contribution < -0.4 is 4.90 Å². The second kappa shape index (κ2) is 6.64. The lowest BCUT2D eigenvalue weighted by molar-refractivity contribution is -0.123. The average molecular weight is 334 g/mol. The Kier molecular flexibility index (Phi) is 4.58. The van der Waals surface area contributed by atoms with Crippen LogP contribution in [0, 0.1) is 0 Å². The summed E-state index contributed by atoms with van der Waals surface area (Å²) in [4.78, 5) is 28.0. The van der Waals surface area contributed by atoms with E-state index in [-0.39, 0.29) is 17.2 Å². The number of morpholine rings is 1. The Labute approximate surface area is 138 Å². The van der Waals surface area contributed by atoms with Gasteiger partial charge in [0.05, 0.1) is 24.2 Å². The molecule has 0 bridgehead atoms. The number of thioether (sulfide) groups is 1. The minimum absolute atomic E-state index is 0.284. The van der Waals surface area contributed by atoms with Crippen molar-refractivity contribution in [1.29, 1.82) is 0 Å². The molecule has 2 saturated heterocycles. The summed E-state index contributed by atoms with van der Waals surface area (Å²) in [5.41, 5.74) is 0. The van der Waals surface area contributed by atoms with E-state index in [1.165, 1.54) is 4.90 Å². The van der Waals surface area contributed by atoms with Gasteiger partial charge in [-0.3, -0.25) is 14.5 Å². The van der Waals surface area contributed by atoms with Crippen molar-refractivity contribution in [3.63, 3.8) is 0 Å². The quantitative estimate of drug-likeness (QED) is 0.623. The maximum Gasteiger partial charge on any atom is 0.294 e. The van der Waals surface area contributed by atoms with E-state index in [1.54, 1.807) is 25.1 Å². The molecular formula is C16H18N2O4S. The molecule has 2 aliphatic heterocycles. The summed E-state index contributed by atoms with van der Waals surface area (Å²) in [6.45, 7) is 8.29. The summed E-state index contributed by atoms with van der Waals surface area (Å²) in [6.07, 6.45) is 3.19. The summed E-state index contributed by atoms with van der Waals surface area (Å²) in [7, 11) is 0. The van der Waals surface area contributed by atoms with Gasteiger partial charge >= 0.3 is 0 Å². The highest BCUT2D eigenvalue weighted by atomic mass is 32.2. The Hall–Kier alpha value is -1.99. The fraction of sp³-hybridized carbons (Fsp3) is 0.375. The van der Waals surface area contributed by atoms with E-state index in [4.69, 9.17) is 9.15 Å². The number of imide groups is 1. The zero-order chi connectivity index (χ0) is 16.4. The number of carbonyl (C=O) groups is 2. The second-order valence-electron chi connectivity index (χ2n) is 5.30. The Bertz CT molecular complexity index is 661. The van der Waals surface area contributed by atoms with Gasteiger partial charge in [-0.1, -0.05) is 6.08 Å². The molecule has 0 radical (unpaired) electrons. The lowest BCUT2D eigenvalue weighted by Gasteiger charge is -2.26. The largest absolute Gasteiger partial charge is 0.441 e. The van der Waals surface area contributed by atoms with Gasteiger partial charge in [-0.25, -0.2) is 0 Å². The molecule has 7 heteroatoms. The molecule has 1 aromatic rings. The molecular weight excluding hydrogens is 316 g/mol. The standard InChI is InChI=1S/C16H18N2O4S/c1-3-11(2)18-15(19)13(23-16(18)20)10-12-4-5-14(22-12)17-6-8-21-9-7-17/h3-5,10-11H,1,6-9H2,2H3/b13-10-/t11-/m1/s1. The number of ether oxygens (including phenoxy) is 1. The number of hydrogen-bond acceptors (Lipinski definition) is 6. The maximum atomic E-state index is 12.3. The second-order valence-corrected chi connectivity index (χ2v) is 6.30. The summed E-state index contributed by atoms with van der Waals surface area (Å²) >= 11 is 0.922. The molecule has 2 fully saturated rings. The van der Waals surface area contributed by atoms with Crippen molar-refractivity contribution in [1.82, 2.24) is 4.90 Å². The summed E-state index contributed by atoms with van der Waals surface area (Å²) in [6, 6.07) is 3.35. The fourth-order valence-electron chi connectivity index (χ4n) is 2.44. The molecule has 2 amide bonds. The Morgan fingerprint density at radius 2 is 2.04 bits per heavy atom. The van der Waals surface area contributed by atoms with Gasteiger partial charge in [0, 0.05) is 25.2 Å². The van der Waals surface area contributed by atoms with Crippen LogP contribution in [0.25, 0.3) is 6.08 Å². The van der Waals surface area contributed by atoms with E-state index in [2.05, 4.69) is 11.5 Å². The highest BCUT2D eigenvalue weighted by Crippen LogP contribution is 2.34. The van der Waals surface area contributed by atoms with Crippen LogP contribution in [0.3, 0.4) is 0 Å². The predicted octanol–water partition coefficient (Wildman–Crippen LogP) is 2.73. The van der Waals surface area contributed by atoms with Gasteiger partial charge in [-0.2, -0.15) is 0 Å². The minimum atomic E-state index is -0.325. The van der Waals surface area contributed by atoms with Crippen LogP contribution in [-0.2, 0) is 9.53 Å². The van der Waals surface area contributed by atoms with Crippen molar-refractivity contribution in [3.8, 4) is 0 Å². The van der Waals surface area contributed by atoms with Gasteiger partial charge in [-0.05, 0) is 24.8 Å². The molecule has 1 atom stereocenters. The smallest absolute Gasteiger partial charge is 0.294 e. The fourth-order valence-corrected chi connectivity index (χ4v) is 3.34. The molecule has 2 aliphatic rings. The van der Waals surface area contributed by atoms with E-state index in [0.29, 0.717) is 23.9 Å². The van der Waals surface area contributed by atoms with Crippen LogP contribution >= 0.6 is 11.8 Å². The molecule has 0 aromatic carbocycles. The highest BCUT2D eigenvalue weighted by Gasteiger charge is 2.37. The predicted molar refractivity (Wildman–Crippen MR) is 89.2 cm³/mol. The van der Waals surface area contributed by atoms with Crippen LogP contribution in [0.2, 0.25) is 0 Å². The van der Waals surface area contributed by atoms with Gasteiger partial charge in [0.1, 0.15) is 5.76 Å². The molecule has 0 unspecified atom stereocenters. The molecule has 122 valence electrons. The first-order valence-corrected chi connectivity index (χ1v) is 8.24. The first-order chi connectivity index (χ1) is 11.1. The van der Waals surface area contributed by atoms with E-state index < -0.39 is 0 Å². The molecule has 23 heavy (non-hydrogen) atoms. The van der Waals surface area contributed by atoms with Gasteiger partial charge in [0.15, 0.2) is 5.88 Å². The van der Waals surface area contributed by atoms with Crippen LogP contribution in [-0.4, -0.2) is 48.4 Å². The molecule has 1 aromatic heterocycles. The zero-order valence-electron chi connectivity index (χ0n) is 12.9. The Morgan fingerprint density at radius 3 is 2.74 bits per heavy atom. The van der Waals surface area contributed by atoms with E-state index in [1.807, 2.05) is 6.07 Å². The Morgan fingerprint density at radius 1 is 1.30 bits per heavy atom. The minimum Gasteiger partial charge on any atom is -0.441 e. The van der Waals surface area contributed by atoms with Crippen molar-refractivity contribution in [3.05, 3.63) is 35.5 Å². The van der Waals surface area contributed by atoms with E-state index in [9.17, 15) is 9.59 Å². The van der Waals surface area contributed by atoms with Gasteiger partial charge in [0.25, 0.3) is 11.1 Å². The third-order valence-corrected chi connectivity index (χ3v) is 4.66. The van der Waals surface area contributed by atoms with Gasteiger partial charge in [0.2, 0.25) is 0 Å². The third-order valence-electron chi connectivity index (χ3n) is 3.78. The maximum absolute atomic E-state index is 12.3. The Balaban J connectivity index is 1.77. The number of carbonyl (C=O) groups excluding carboxylic acids is 2. The number of amides is 2. The number of hydrogen-bond donors (Lipinski definition) is 0. The van der Waals surface area contributed by atoms with Crippen LogP contribution in [0.4, 0.5) is 10.7 Å². The molecule has 0 spiro atoms. The monoisotopic (exact) mass is 334 g/mol. The third kappa shape index (κ3) is 3.20. The molecule has 0 N–H and O–H groups in total. The lowest BCUT2D eigenvalue weighted by atomic mass is 10.3. The zero-order valence-corrected chi connectivity index (χ0v) is 13.7. The first-order valence-electron chi connectivity index (χ1n) is 7.42. The van der Waals surface area contributed by atoms with Crippen molar-refractivity contribution in [2.75, 3.05) is 31.2 Å². The first kappa shape index (κ1) is 15.9. The molecule has 3 heterocycles.